The maximum Gasteiger partial charge on any atom is 0.337 e. The number of carboxylic acids is 1. The number of nitrogen functional groups attached to an aromatic ring is 1. The van der Waals surface area contributed by atoms with E-state index in [-0.39, 0.29) is 5.56 Å². The molecule has 0 heterocycles. The fourth-order valence-electron chi connectivity index (χ4n) is 1.90. The Labute approximate surface area is 119 Å². The molecule has 4 nitrogen and oxygen atoms in total. The molecule has 0 bridgehead atoms. The van der Waals surface area contributed by atoms with Gasteiger partial charge in [0.25, 0.3) is 0 Å². The molecule has 0 aliphatic carbocycles. The average Bonchev–Trinajstić information content (AvgIpc) is 2.37. The van der Waals surface area contributed by atoms with Gasteiger partial charge in [-0.25, -0.2) is 4.79 Å². The molecule has 1 aromatic rings. The Balaban J connectivity index is 3.03. The molecule has 0 spiro atoms. The third kappa shape index (κ3) is 3.80. The lowest BCUT2D eigenvalue weighted by atomic mass is 10.1. The Morgan fingerprint density at radius 3 is 2.68 bits per heavy atom. The van der Waals surface area contributed by atoms with E-state index in [1.807, 2.05) is 31.8 Å². The Hall–Kier alpha value is -1.36. The van der Waals surface area contributed by atoms with E-state index in [0.717, 1.165) is 23.4 Å². The minimum atomic E-state index is -0.979. The smallest absolute Gasteiger partial charge is 0.337 e. The van der Waals surface area contributed by atoms with Crippen LogP contribution in [0.4, 0.5) is 11.4 Å². The van der Waals surface area contributed by atoms with Crippen LogP contribution in [0.5, 0.6) is 0 Å². The second kappa shape index (κ2) is 6.70. The first-order chi connectivity index (χ1) is 8.88. The van der Waals surface area contributed by atoms with Gasteiger partial charge in [0.15, 0.2) is 0 Å². The van der Waals surface area contributed by atoms with Crippen molar-refractivity contribution >= 4 is 29.1 Å². The van der Waals surface area contributed by atoms with Gasteiger partial charge in [-0.1, -0.05) is 0 Å². The van der Waals surface area contributed by atoms with Gasteiger partial charge in [-0.2, -0.15) is 11.8 Å². The van der Waals surface area contributed by atoms with Gasteiger partial charge in [-0.15, -0.1) is 0 Å². The Morgan fingerprint density at radius 1 is 1.53 bits per heavy atom. The van der Waals surface area contributed by atoms with Crippen molar-refractivity contribution in [2.24, 2.45) is 0 Å². The summed E-state index contributed by atoms with van der Waals surface area (Å²) in [5, 5.41) is 9.17. The summed E-state index contributed by atoms with van der Waals surface area (Å²) in [6.07, 6.45) is 3.14. The molecule has 0 amide bonds. The zero-order valence-corrected chi connectivity index (χ0v) is 12.8. The number of hydrogen-bond acceptors (Lipinski definition) is 4. The molecule has 1 rings (SSSR count). The lowest BCUT2D eigenvalue weighted by molar-refractivity contribution is 0.0698. The summed E-state index contributed by atoms with van der Waals surface area (Å²) in [7, 11) is 1.99. The number of nitrogens with zero attached hydrogens (tertiary/aromatic N) is 1. The van der Waals surface area contributed by atoms with Crippen molar-refractivity contribution in [3.63, 3.8) is 0 Å². The van der Waals surface area contributed by atoms with Crippen LogP contribution in [0.25, 0.3) is 0 Å². The highest BCUT2D eigenvalue weighted by Crippen LogP contribution is 2.26. The first-order valence-corrected chi connectivity index (χ1v) is 7.63. The van der Waals surface area contributed by atoms with Crippen LogP contribution in [0.3, 0.4) is 0 Å². The maximum atomic E-state index is 11.2. The highest BCUT2D eigenvalue weighted by molar-refractivity contribution is 7.98. The highest BCUT2D eigenvalue weighted by Gasteiger charge is 2.16. The molecule has 0 saturated carbocycles. The summed E-state index contributed by atoms with van der Waals surface area (Å²) in [6.45, 7) is 3.98. The molecule has 106 valence electrons. The minimum absolute atomic E-state index is 0.180. The van der Waals surface area contributed by atoms with Gasteiger partial charge in [-0.3, -0.25) is 0 Å². The van der Waals surface area contributed by atoms with E-state index in [4.69, 9.17) is 5.73 Å². The minimum Gasteiger partial charge on any atom is -0.478 e. The Kier molecular flexibility index (Phi) is 5.54. The molecule has 0 aliphatic rings. The number of aryl methyl sites for hydroxylation is 1. The van der Waals surface area contributed by atoms with Crippen LogP contribution in [-0.4, -0.2) is 36.2 Å². The predicted octanol–water partition coefficient (Wildman–Crippen LogP) is 2.85. The molecule has 5 heteroatoms. The van der Waals surface area contributed by atoms with Gasteiger partial charge >= 0.3 is 5.97 Å². The molecule has 19 heavy (non-hydrogen) atoms. The first-order valence-electron chi connectivity index (χ1n) is 6.23. The monoisotopic (exact) mass is 282 g/mol. The standard InChI is InChI=1S/C14H22N2O2S/c1-9-7-11(8-12(13(9)15)14(17)18)16(3)10(2)5-6-19-4/h7-8,10H,5-6,15H2,1-4H3,(H,17,18). The van der Waals surface area contributed by atoms with E-state index in [0.29, 0.717) is 11.7 Å². The lowest BCUT2D eigenvalue weighted by Crippen LogP contribution is -2.29. The van der Waals surface area contributed by atoms with E-state index >= 15 is 0 Å². The van der Waals surface area contributed by atoms with E-state index in [9.17, 15) is 9.90 Å². The predicted molar refractivity (Wildman–Crippen MR) is 83.4 cm³/mol. The largest absolute Gasteiger partial charge is 0.478 e. The number of nitrogens with two attached hydrogens (primary N) is 1. The summed E-state index contributed by atoms with van der Waals surface area (Å²) >= 11 is 1.82. The van der Waals surface area contributed by atoms with Crippen molar-refractivity contribution in [3.8, 4) is 0 Å². The van der Waals surface area contributed by atoms with E-state index < -0.39 is 5.97 Å². The van der Waals surface area contributed by atoms with Crippen molar-refractivity contribution in [3.05, 3.63) is 23.3 Å². The van der Waals surface area contributed by atoms with Gasteiger partial charge in [0, 0.05) is 24.5 Å². The Morgan fingerprint density at radius 2 is 2.16 bits per heavy atom. The number of carbonyl (C=O) groups is 1. The number of thioether (sulfide) groups is 1. The third-order valence-corrected chi connectivity index (χ3v) is 4.05. The maximum absolute atomic E-state index is 11.2. The molecule has 0 aromatic heterocycles. The van der Waals surface area contributed by atoms with Gasteiger partial charge in [-0.05, 0) is 50.0 Å². The summed E-state index contributed by atoms with van der Waals surface area (Å²) in [5.41, 5.74) is 8.04. The summed E-state index contributed by atoms with van der Waals surface area (Å²) in [5.74, 6) is 0.109. The molecule has 0 aliphatic heterocycles. The molecule has 1 atom stereocenters. The van der Waals surface area contributed by atoms with Crippen molar-refractivity contribution in [2.45, 2.75) is 26.3 Å². The van der Waals surface area contributed by atoms with Crippen LogP contribution in [0.1, 0.15) is 29.3 Å². The second-order valence-electron chi connectivity index (χ2n) is 4.77. The normalized spacial score (nSPS) is 12.2. The molecule has 1 aromatic carbocycles. The molecule has 0 saturated heterocycles. The average molecular weight is 282 g/mol. The first kappa shape index (κ1) is 15.7. The molecular weight excluding hydrogens is 260 g/mol. The molecule has 1 unspecified atom stereocenters. The third-order valence-electron chi connectivity index (χ3n) is 3.41. The van der Waals surface area contributed by atoms with Gasteiger partial charge in [0.05, 0.1) is 5.56 Å². The number of hydrogen-bond donors (Lipinski definition) is 2. The zero-order valence-electron chi connectivity index (χ0n) is 11.9. The van der Waals surface area contributed by atoms with Crippen molar-refractivity contribution in [1.29, 1.82) is 0 Å². The van der Waals surface area contributed by atoms with E-state index in [1.54, 1.807) is 6.07 Å². The van der Waals surface area contributed by atoms with Gasteiger partial charge < -0.3 is 15.7 Å². The fourth-order valence-corrected chi connectivity index (χ4v) is 2.47. The topological polar surface area (TPSA) is 66.6 Å². The summed E-state index contributed by atoms with van der Waals surface area (Å²) in [4.78, 5) is 13.3. The van der Waals surface area contributed by atoms with Crippen LogP contribution < -0.4 is 10.6 Å². The number of carboxylic acid groups (broad SMARTS) is 1. The highest BCUT2D eigenvalue weighted by atomic mass is 32.2. The number of anilines is 2. The van der Waals surface area contributed by atoms with Crippen molar-refractivity contribution in [2.75, 3.05) is 29.7 Å². The second-order valence-corrected chi connectivity index (χ2v) is 5.76. The lowest BCUT2D eigenvalue weighted by Gasteiger charge is -2.28. The van der Waals surface area contributed by atoms with Crippen LogP contribution in [0.15, 0.2) is 12.1 Å². The number of aromatic carboxylic acids is 1. The number of rotatable bonds is 6. The van der Waals surface area contributed by atoms with Crippen molar-refractivity contribution in [1.82, 2.24) is 0 Å². The molecule has 0 fully saturated rings. The molecule has 3 N–H and O–H groups in total. The summed E-state index contributed by atoms with van der Waals surface area (Å²) < 4.78 is 0. The number of benzene rings is 1. The van der Waals surface area contributed by atoms with Crippen LogP contribution in [0, 0.1) is 6.92 Å². The van der Waals surface area contributed by atoms with Crippen LogP contribution >= 0.6 is 11.8 Å². The van der Waals surface area contributed by atoms with E-state index in [1.165, 1.54) is 0 Å². The van der Waals surface area contributed by atoms with Crippen LogP contribution in [0.2, 0.25) is 0 Å². The SMILES string of the molecule is CSCCC(C)N(C)c1cc(C)c(N)c(C(=O)O)c1. The van der Waals surface area contributed by atoms with E-state index in [2.05, 4.69) is 18.1 Å². The Bertz CT molecular complexity index is 463. The van der Waals surface area contributed by atoms with Gasteiger partial charge in [0.1, 0.15) is 0 Å². The zero-order chi connectivity index (χ0) is 14.6. The van der Waals surface area contributed by atoms with Gasteiger partial charge in [0.2, 0.25) is 0 Å². The van der Waals surface area contributed by atoms with Crippen molar-refractivity contribution < 1.29 is 9.90 Å². The summed E-state index contributed by atoms with van der Waals surface area (Å²) in [6, 6.07) is 3.95. The fraction of sp³-hybridized carbons (Fsp3) is 0.500. The van der Waals surface area contributed by atoms with Crippen LogP contribution in [-0.2, 0) is 0 Å². The quantitative estimate of drug-likeness (QED) is 0.785. The molecular formula is C14H22N2O2S. The molecule has 0 radical (unpaired) electrons.